The Morgan fingerprint density at radius 1 is 0.618 bits per heavy atom. The second-order valence-corrected chi connectivity index (χ2v) is 7.72. The van der Waals surface area contributed by atoms with Gasteiger partial charge in [0.05, 0.1) is 25.4 Å². The third-order valence-electron chi connectivity index (χ3n) is 5.14. The molecule has 0 aromatic heterocycles. The van der Waals surface area contributed by atoms with E-state index in [-0.39, 0.29) is 26.1 Å². The molecular formula is C21H16F8O5. The Balaban J connectivity index is 1.45. The van der Waals surface area contributed by atoms with Crippen LogP contribution in [0.5, 0.6) is 11.5 Å². The van der Waals surface area contributed by atoms with Crippen molar-refractivity contribution in [3.05, 3.63) is 57.7 Å². The number of aliphatic hydroxyl groups is 1. The van der Waals surface area contributed by atoms with Crippen molar-refractivity contribution in [1.29, 1.82) is 0 Å². The minimum absolute atomic E-state index is 0.177. The summed E-state index contributed by atoms with van der Waals surface area (Å²) in [5.41, 5.74) is -1.64. The van der Waals surface area contributed by atoms with E-state index in [1.54, 1.807) is 0 Å². The fourth-order valence-electron chi connectivity index (χ4n) is 3.16. The summed E-state index contributed by atoms with van der Waals surface area (Å²) >= 11 is 0. The number of benzene rings is 2. The maximum absolute atomic E-state index is 14.5. The summed E-state index contributed by atoms with van der Waals surface area (Å²) < 4.78 is 131. The zero-order valence-corrected chi connectivity index (χ0v) is 17.1. The van der Waals surface area contributed by atoms with Crippen molar-refractivity contribution in [2.24, 2.45) is 0 Å². The maximum atomic E-state index is 14.5. The number of ether oxygens (including phenoxy) is 4. The van der Waals surface area contributed by atoms with Crippen molar-refractivity contribution in [3.8, 4) is 11.5 Å². The predicted molar refractivity (Wildman–Crippen MR) is 96.4 cm³/mol. The van der Waals surface area contributed by atoms with Gasteiger partial charge >= 0.3 is 0 Å². The molecule has 34 heavy (non-hydrogen) atoms. The van der Waals surface area contributed by atoms with Crippen molar-refractivity contribution in [2.45, 2.75) is 31.2 Å². The summed E-state index contributed by atoms with van der Waals surface area (Å²) in [5, 5.41) is 9.92. The molecule has 2 aliphatic heterocycles. The van der Waals surface area contributed by atoms with Crippen LogP contribution in [0, 0.1) is 46.5 Å². The van der Waals surface area contributed by atoms with Crippen LogP contribution in [0.1, 0.15) is 11.1 Å². The molecule has 0 saturated carbocycles. The SMILES string of the molecule is OC(COc1c(F)c(F)c(F)c(CC2CO2)c1F)COc1c(F)c(F)c(F)c(CC2CO2)c1F. The van der Waals surface area contributed by atoms with Gasteiger partial charge in [-0.15, -0.1) is 0 Å². The fourth-order valence-corrected chi connectivity index (χ4v) is 3.16. The lowest BCUT2D eigenvalue weighted by Gasteiger charge is -2.17. The second-order valence-electron chi connectivity index (χ2n) is 7.72. The molecule has 0 bridgehead atoms. The first-order valence-corrected chi connectivity index (χ1v) is 9.96. The average Bonchev–Trinajstić information content (AvgIpc) is 3.73. The van der Waals surface area contributed by atoms with Crippen LogP contribution in [0.15, 0.2) is 0 Å². The molecule has 4 rings (SSSR count). The standard InChI is InChI=1S/C21H16F8O5/c22-12-10(1-8-5-31-8)14(24)20(18(28)16(12)26)33-3-7(30)4-34-21-15(25)11(2-9-6-32-9)13(23)17(27)19(21)29/h7-9,30H,1-6H2. The monoisotopic (exact) mass is 500 g/mol. The Labute approximate surface area is 186 Å². The van der Waals surface area contributed by atoms with Crippen molar-refractivity contribution < 1.29 is 59.2 Å². The average molecular weight is 500 g/mol. The summed E-state index contributed by atoms with van der Waals surface area (Å²) in [6, 6.07) is 0. The highest BCUT2D eigenvalue weighted by molar-refractivity contribution is 5.37. The van der Waals surface area contributed by atoms with Gasteiger partial charge in [0.25, 0.3) is 0 Å². The Morgan fingerprint density at radius 2 is 0.971 bits per heavy atom. The van der Waals surface area contributed by atoms with Gasteiger partial charge in [0, 0.05) is 24.0 Å². The topological polar surface area (TPSA) is 63.8 Å². The Bertz CT molecular complexity index is 1020. The van der Waals surface area contributed by atoms with Crippen LogP contribution in [0.25, 0.3) is 0 Å². The van der Waals surface area contributed by atoms with E-state index >= 15 is 0 Å². The Kier molecular flexibility index (Phi) is 6.87. The van der Waals surface area contributed by atoms with Crippen molar-refractivity contribution in [1.82, 2.24) is 0 Å². The van der Waals surface area contributed by atoms with Crippen LogP contribution in [-0.2, 0) is 22.3 Å². The van der Waals surface area contributed by atoms with E-state index in [9.17, 15) is 40.2 Å². The van der Waals surface area contributed by atoms with Crippen LogP contribution >= 0.6 is 0 Å². The third-order valence-corrected chi connectivity index (χ3v) is 5.14. The van der Waals surface area contributed by atoms with Gasteiger partial charge in [0.2, 0.25) is 11.6 Å². The van der Waals surface area contributed by atoms with Crippen LogP contribution in [0.3, 0.4) is 0 Å². The van der Waals surface area contributed by atoms with E-state index in [4.69, 9.17) is 18.9 Å². The van der Waals surface area contributed by atoms with Gasteiger partial charge in [-0.2, -0.15) is 8.78 Å². The first-order chi connectivity index (χ1) is 16.1. The smallest absolute Gasteiger partial charge is 0.206 e. The second kappa shape index (κ2) is 9.55. The normalized spacial score (nSPS) is 19.8. The molecule has 2 unspecified atom stereocenters. The highest BCUT2D eigenvalue weighted by atomic mass is 19.2. The van der Waals surface area contributed by atoms with E-state index in [0.29, 0.717) is 0 Å². The number of hydrogen-bond donors (Lipinski definition) is 1. The van der Waals surface area contributed by atoms with Gasteiger partial charge in [0.15, 0.2) is 46.4 Å². The lowest BCUT2D eigenvalue weighted by molar-refractivity contribution is 0.0558. The molecule has 0 spiro atoms. The lowest BCUT2D eigenvalue weighted by atomic mass is 10.1. The van der Waals surface area contributed by atoms with Gasteiger partial charge in [-0.1, -0.05) is 0 Å². The molecule has 2 aromatic carbocycles. The molecule has 2 atom stereocenters. The molecule has 13 heteroatoms. The van der Waals surface area contributed by atoms with Gasteiger partial charge < -0.3 is 24.1 Å². The van der Waals surface area contributed by atoms with Crippen molar-refractivity contribution >= 4 is 0 Å². The lowest BCUT2D eigenvalue weighted by Crippen LogP contribution is -2.27. The number of rotatable bonds is 10. The van der Waals surface area contributed by atoms with Crippen LogP contribution in [-0.4, -0.2) is 49.8 Å². The molecule has 0 aliphatic carbocycles. The molecule has 2 aliphatic rings. The number of halogens is 8. The zero-order valence-electron chi connectivity index (χ0n) is 17.1. The van der Waals surface area contributed by atoms with Crippen LogP contribution in [0.2, 0.25) is 0 Å². The molecule has 186 valence electrons. The number of epoxide rings is 2. The quantitative estimate of drug-likeness (QED) is 0.234. The highest BCUT2D eigenvalue weighted by Gasteiger charge is 2.34. The minimum Gasteiger partial charge on any atom is -0.485 e. The number of aliphatic hydroxyl groups excluding tert-OH is 1. The first kappa shape index (κ1) is 24.5. The molecule has 0 amide bonds. The Morgan fingerprint density at radius 3 is 1.29 bits per heavy atom. The van der Waals surface area contributed by atoms with E-state index < -0.39 is 101 Å². The molecular weight excluding hydrogens is 484 g/mol. The summed E-state index contributed by atoms with van der Waals surface area (Å²) in [7, 11) is 0. The summed E-state index contributed by atoms with van der Waals surface area (Å²) in [4.78, 5) is 0. The van der Waals surface area contributed by atoms with E-state index in [1.807, 2.05) is 0 Å². The molecule has 0 radical (unpaired) electrons. The molecule has 2 saturated heterocycles. The van der Waals surface area contributed by atoms with Gasteiger partial charge in [0.1, 0.15) is 19.3 Å². The first-order valence-electron chi connectivity index (χ1n) is 9.96. The van der Waals surface area contributed by atoms with Gasteiger partial charge in [-0.3, -0.25) is 0 Å². The zero-order chi connectivity index (χ0) is 24.7. The van der Waals surface area contributed by atoms with Crippen molar-refractivity contribution in [2.75, 3.05) is 26.4 Å². The molecule has 1 N–H and O–H groups in total. The molecule has 2 aromatic rings. The highest BCUT2D eigenvalue weighted by Crippen LogP contribution is 2.34. The maximum Gasteiger partial charge on any atom is 0.206 e. The van der Waals surface area contributed by atoms with E-state index in [1.165, 1.54) is 0 Å². The minimum atomic E-state index is -2.00. The Hall–Kier alpha value is -2.64. The van der Waals surface area contributed by atoms with E-state index in [0.717, 1.165) is 0 Å². The number of hydrogen-bond acceptors (Lipinski definition) is 5. The summed E-state index contributed by atoms with van der Waals surface area (Å²) in [5.74, 6) is -17.3. The van der Waals surface area contributed by atoms with Gasteiger partial charge in [-0.25, -0.2) is 26.3 Å². The third kappa shape index (κ3) is 4.91. The molecule has 2 fully saturated rings. The van der Waals surface area contributed by atoms with Crippen LogP contribution < -0.4 is 9.47 Å². The predicted octanol–water partition coefficient (Wildman–Crippen LogP) is 3.50. The van der Waals surface area contributed by atoms with Crippen LogP contribution in [0.4, 0.5) is 35.1 Å². The van der Waals surface area contributed by atoms with Crippen molar-refractivity contribution in [3.63, 3.8) is 0 Å². The van der Waals surface area contributed by atoms with E-state index in [2.05, 4.69) is 0 Å². The molecule has 5 nitrogen and oxygen atoms in total. The summed E-state index contributed by atoms with van der Waals surface area (Å²) in [6.45, 7) is -1.63. The largest absolute Gasteiger partial charge is 0.485 e. The summed E-state index contributed by atoms with van der Waals surface area (Å²) in [6.07, 6.45) is -3.75. The fraction of sp³-hybridized carbons (Fsp3) is 0.429. The van der Waals surface area contributed by atoms with Gasteiger partial charge in [-0.05, 0) is 0 Å². The molecule has 2 heterocycles.